The normalized spacial score (nSPS) is 15.8. The van der Waals surface area contributed by atoms with Crippen LogP contribution in [0.1, 0.15) is 39.7 Å². The van der Waals surface area contributed by atoms with E-state index in [0.717, 1.165) is 11.1 Å². The Balaban J connectivity index is 1.44. The second kappa shape index (κ2) is 9.92. The molecule has 2 heterocycles. The molecule has 0 aliphatic carbocycles. The number of hydrogen-bond donors (Lipinski definition) is 1. The lowest BCUT2D eigenvalue weighted by Gasteiger charge is -2.02. The molecule has 1 aliphatic heterocycles. The monoisotopic (exact) mass is 460 g/mol. The third kappa shape index (κ3) is 5.62. The number of amides is 1. The average molecular weight is 461 g/mol. The van der Waals surface area contributed by atoms with E-state index in [1.807, 2.05) is 6.07 Å². The third-order valence-corrected chi connectivity index (χ3v) is 5.87. The molecular formula is C26H24N2O4S. The van der Waals surface area contributed by atoms with Crippen LogP contribution in [-0.4, -0.2) is 23.7 Å². The van der Waals surface area contributed by atoms with Crippen molar-refractivity contribution in [1.29, 1.82) is 0 Å². The molecule has 6 nitrogen and oxygen atoms in total. The summed E-state index contributed by atoms with van der Waals surface area (Å²) in [5.74, 6) is 0.654. The topological polar surface area (TPSA) is 80.9 Å². The summed E-state index contributed by atoms with van der Waals surface area (Å²) in [5, 5.41) is 3.39. The molecule has 2 aromatic carbocycles. The van der Waals surface area contributed by atoms with Crippen molar-refractivity contribution in [2.75, 3.05) is 6.61 Å². The molecule has 3 aromatic rings. The molecule has 0 unspecified atom stereocenters. The van der Waals surface area contributed by atoms with Crippen molar-refractivity contribution >= 4 is 34.9 Å². The van der Waals surface area contributed by atoms with E-state index < -0.39 is 0 Å². The number of thioether (sulfide) groups is 1. The maximum atomic E-state index is 12.4. The Morgan fingerprint density at radius 2 is 1.82 bits per heavy atom. The number of benzene rings is 2. The van der Waals surface area contributed by atoms with E-state index >= 15 is 0 Å². The number of rotatable bonds is 6. The van der Waals surface area contributed by atoms with Gasteiger partial charge in [-0.2, -0.15) is 0 Å². The fourth-order valence-electron chi connectivity index (χ4n) is 3.52. The lowest BCUT2D eigenvalue weighted by Crippen LogP contribution is -2.19. The number of esters is 1. The van der Waals surface area contributed by atoms with Gasteiger partial charge >= 0.3 is 5.97 Å². The number of hydrogen-bond acceptors (Lipinski definition) is 6. The predicted octanol–water partition coefficient (Wildman–Crippen LogP) is 5.50. The number of aliphatic imine (C=N–C) groups is 1. The smallest absolute Gasteiger partial charge is 0.338 e. The van der Waals surface area contributed by atoms with Gasteiger partial charge in [0.25, 0.3) is 5.91 Å². The molecule has 1 aliphatic rings. The van der Waals surface area contributed by atoms with Crippen molar-refractivity contribution in [2.24, 2.45) is 4.99 Å². The highest BCUT2D eigenvalue weighted by Crippen LogP contribution is 2.29. The number of nitrogens with zero attached hydrogens (tertiary/aromatic N) is 1. The minimum Gasteiger partial charge on any atom is -0.462 e. The van der Waals surface area contributed by atoms with E-state index in [1.165, 1.54) is 22.9 Å². The molecule has 0 radical (unpaired) electrons. The third-order valence-electron chi connectivity index (χ3n) is 4.92. The van der Waals surface area contributed by atoms with Crippen LogP contribution in [0.25, 0.3) is 17.4 Å². The molecular weight excluding hydrogens is 436 g/mol. The molecule has 168 valence electrons. The van der Waals surface area contributed by atoms with Gasteiger partial charge in [-0.1, -0.05) is 41.5 Å². The average Bonchev–Trinajstić information content (AvgIpc) is 3.39. The quantitative estimate of drug-likeness (QED) is 0.388. The van der Waals surface area contributed by atoms with Gasteiger partial charge in [0.2, 0.25) is 0 Å². The van der Waals surface area contributed by atoms with Crippen LogP contribution in [0.3, 0.4) is 0 Å². The van der Waals surface area contributed by atoms with Crippen molar-refractivity contribution in [1.82, 2.24) is 5.32 Å². The Hall–Kier alpha value is -3.58. The van der Waals surface area contributed by atoms with E-state index in [0.29, 0.717) is 40.3 Å². The molecule has 0 bridgehead atoms. The van der Waals surface area contributed by atoms with Gasteiger partial charge in [0.1, 0.15) is 11.5 Å². The van der Waals surface area contributed by atoms with Crippen LogP contribution < -0.4 is 5.32 Å². The summed E-state index contributed by atoms with van der Waals surface area (Å²) in [7, 11) is 0. The number of furan rings is 1. The van der Waals surface area contributed by atoms with Gasteiger partial charge in [-0.3, -0.25) is 9.79 Å². The molecule has 0 atom stereocenters. The van der Waals surface area contributed by atoms with Crippen molar-refractivity contribution in [3.05, 3.63) is 87.5 Å². The molecule has 0 saturated carbocycles. The van der Waals surface area contributed by atoms with Crippen LogP contribution in [0.5, 0.6) is 0 Å². The Bertz CT molecular complexity index is 1240. The zero-order valence-electron chi connectivity index (χ0n) is 18.7. The second-order valence-corrected chi connectivity index (χ2v) is 8.71. The highest BCUT2D eigenvalue weighted by Gasteiger charge is 2.24. The van der Waals surface area contributed by atoms with Gasteiger partial charge in [-0.05, 0) is 62.4 Å². The zero-order valence-corrected chi connectivity index (χ0v) is 19.5. The number of nitrogens with one attached hydrogen (secondary N) is 1. The van der Waals surface area contributed by atoms with Gasteiger partial charge in [-0.15, -0.1) is 0 Å². The molecule has 1 saturated heterocycles. The first-order valence-electron chi connectivity index (χ1n) is 10.6. The maximum absolute atomic E-state index is 12.4. The molecule has 1 aromatic heterocycles. The standard InChI is InChI=1S/C26H24N2O4S/c1-4-31-25(30)20-7-5-19(6-8-20)22-10-9-21(32-22)14-23-24(29)28-26(33-23)27-15-18-12-16(2)11-17(3)13-18/h5-14H,4,15H2,1-3H3,(H,27,28,29)/b23-14-. The van der Waals surface area contributed by atoms with Crippen LogP contribution in [0.2, 0.25) is 0 Å². The summed E-state index contributed by atoms with van der Waals surface area (Å²) in [5.41, 5.74) is 4.81. The Morgan fingerprint density at radius 1 is 1.09 bits per heavy atom. The number of amidine groups is 1. The zero-order chi connectivity index (χ0) is 23.4. The van der Waals surface area contributed by atoms with Crippen molar-refractivity contribution in [3.63, 3.8) is 0 Å². The summed E-state index contributed by atoms with van der Waals surface area (Å²) < 4.78 is 10.9. The predicted molar refractivity (Wildman–Crippen MR) is 131 cm³/mol. The summed E-state index contributed by atoms with van der Waals surface area (Å²) in [4.78, 5) is 29.2. The summed E-state index contributed by atoms with van der Waals surface area (Å²) in [6.45, 7) is 6.73. The first-order chi connectivity index (χ1) is 15.9. The minimum absolute atomic E-state index is 0.198. The van der Waals surface area contributed by atoms with Gasteiger partial charge in [0, 0.05) is 11.6 Å². The van der Waals surface area contributed by atoms with E-state index in [9.17, 15) is 9.59 Å². The molecule has 1 amide bonds. The maximum Gasteiger partial charge on any atom is 0.338 e. The van der Waals surface area contributed by atoms with Crippen LogP contribution >= 0.6 is 11.8 Å². The van der Waals surface area contributed by atoms with Crippen LogP contribution in [-0.2, 0) is 16.1 Å². The SMILES string of the molecule is CCOC(=O)c1ccc(-c2ccc(/C=C3\SC(=NCc4cc(C)cc(C)c4)NC3=O)o2)cc1. The van der Waals surface area contributed by atoms with Crippen molar-refractivity contribution in [2.45, 2.75) is 27.3 Å². The van der Waals surface area contributed by atoms with Gasteiger partial charge in [0.05, 0.1) is 23.6 Å². The lowest BCUT2D eigenvalue weighted by molar-refractivity contribution is -0.115. The van der Waals surface area contributed by atoms with E-state index in [-0.39, 0.29) is 11.9 Å². The van der Waals surface area contributed by atoms with Gasteiger partial charge in [-0.25, -0.2) is 4.79 Å². The summed E-state index contributed by atoms with van der Waals surface area (Å²) in [6, 6.07) is 17.0. The summed E-state index contributed by atoms with van der Waals surface area (Å²) >= 11 is 1.30. The highest BCUT2D eigenvalue weighted by molar-refractivity contribution is 8.18. The van der Waals surface area contributed by atoms with Crippen LogP contribution in [0.15, 0.2) is 68.9 Å². The van der Waals surface area contributed by atoms with Gasteiger partial charge < -0.3 is 14.5 Å². The number of carbonyl (C=O) groups is 2. The first kappa shape index (κ1) is 22.6. The number of carbonyl (C=O) groups excluding carboxylic acids is 2. The minimum atomic E-state index is -0.354. The van der Waals surface area contributed by atoms with E-state index in [1.54, 1.807) is 43.3 Å². The van der Waals surface area contributed by atoms with Crippen LogP contribution in [0, 0.1) is 13.8 Å². The fraction of sp³-hybridized carbons (Fsp3) is 0.192. The fourth-order valence-corrected chi connectivity index (χ4v) is 4.32. The Kier molecular flexibility index (Phi) is 6.79. The highest BCUT2D eigenvalue weighted by atomic mass is 32.2. The van der Waals surface area contributed by atoms with Crippen molar-refractivity contribution < 1.29 is 18.7 Å². The van der Waals surface area contributed by atoms with Crippen molar-refractivity contribution in [3.8, 4) is 11.3 Å². The first-order valence-corrected chi connectivity index (χ1v) is 11.4. The number of aryl methyl sites for hydroxylation is 2. The molecule has 7 heteroatoms. The molecule has 1 fully saturated rings. The molecule has 1 N–H and O–H groups in total. The Labute approximate surface area is 196 Å². The van der Waals surface area contributed by atoms with Crippen LogP contribution in [0.4, 0.5) is 0 Å². The molecule has 33 heavy (non-hydrogen) atoms. The van der Waals surface area contributed by atoms with E-state index in [2.05, 4.69) is 42.4 Å². The van der Waals surface area contributed by atoms with Gasteiger partial charge in [0.15, 0.2) is 5.17 Å². The second-order valence-electron chi connectivity index (χ2n) is 7.68. The molecule has 4 rings (SSSR count). The Morgan fingerprint density at radius 3 is 2.52 bits per heavy atom. The largest absolute Gasteiger partial charge is 0.462 e. The molecule has 0 spiro atoms. The van der Waals surface area contributed by atoms with E-state index in [4.69, 9.17) is 9.15 Å². The summed E-state index contributed by atoms with van der Waals surface area (Å²) in [6.07, 6.45) is 1.70. The number of ether oxygens (including phenoxy) is 1. The lowest BCUT2D eigenvalue weighted by atomic mass is 10.1.